The number of fused-ring (bicyclic) bond motifs is 1. The van der Waals surface area contributed by atoms with Crippen molar-refractivity contribution in [1.29, 1.82) is 0 Å². The van der Waals surface area contributed by atoms with Crippen molar-refractivity contribution in [2.75, 3.05) is 20.6 Å². The molecule has 0 aliphatic rings. The van der Waals surface area contributed by atoms with E-state index in [-0.39, 0.29) is 0 Å². The summed E-state index contributed by atoms with van der Waals surface area (Å²) in [6, 6.07) is 15.4. The smallest absolute Gasteiger partial charge is 0.104 e. The molecule has 0 fully saturated rings. The number of nitrogens with zero attached hydrogens (tertiary/aromatic N) is 1. The van der Waals surface area contributed by atoms with Crippen molar-refractivity contribution < 1.29 is 4.48 Å². The van der Waals surface area contributed by atoms with Crippen LogP contribution in [0.5, 0.6) is 0 Å². The van der Waals surface area contributed by atoms with Gasteiger partial charge in [0.25, 0.3) is 0 Å². The quantitative estimate of drug-likeness (QED) is 0.689. The monoisotopic (exact) mass is 242 g/mol. The van der Waals surface area contributed by atoms with Gasteiger partial charge in [0.2, 0.25) is 0 Å². The van der Waals surface area contributed by atoms with Crippen LogP contribution in [0, 0.1) is 0 Å². The molecule has 0 N–H and O–H groups in total. The first kappa shape index (κ1) is 13.1. The molecular formula is C17H24N+. The van der Waals surface area contributed by atoms with Gasteiger partial charge in [0.05, 0.1) is 20.6 Å². The summed E-state index contributed by atoms with van der Waals surface area (Å²) in [5.41, 5.74) is 1.44. The Morgan fingerprint density at radius 1 is 0.944 bits per heavy atom. The molecule has 2 aromatic rings. The van der Waals surface area contributed by atoms with Crippen molar-refractivity contribution in [2.24, 2.45) is 0 Å². The van der Waals surface area contributed by atoms with E-state index in [9.17, 15) is 0 Å². The van der Waals surface area contributed by atoms with E-state index in [1.165, 1.54) is 35.7 Å². The molecule has 0 heterocycles. The minimum Gasteiger partial charge on any atom is -0.325 e. The Hall–Kier alpha value is -1.34. The summed E-state index contributed by atoms with van der Waals surface area (Å²) in [6.45, 7) is 4.63. The zero-order valence-corrected chi connectivity index (χ0v) is 11.8. The minimum absolute atomic E-state index is 1.08. The summed E-state index contributed by atoms with van der Waals surface area (Å²) >= 11 is 0. The van der Waals surface area contributed by atoms with Gasteiger partial charge in [-0.15, -0.1) is 0 Å². The Kier molecular flexibility index (Phi) is 4.03. The van der Waals surface area contributed by atoms with E-state index >= 15 is 0 Å². The Balaban J connectivity index is 2.16. The number of hydrogen-bond donors (Lipinski definition) is 0. The fourth-order valence-corrected chi connectivity index (χ4v) is 2.50. The summed E-state index contributed by atoms with van der Waals surface area (Å²) in [5.74, 6) is 0. The van der Waals surface area contributed by atoms with E-state index in [0.717, 1.165) is 11.0 Å². The van der Waals surface area contributed by atoms with E-state index < -0.39 is 0 Å². The van der Waals surface area contributed by atoms with E-state index in [1.807, 2.05) is 0 Å². The van der Waals surface area contributed by atoms with Gasteiger partial charge in [0.15, 0.2) is 0 Å². The zero-order valence-electron chi connectivity index (χ0n) is 11.8. The first-order valence-electron chi connectivity index (χ1n) is 6.90. The van der Waals surface area contributed by atoms with Crippen LogP contribution in [-0.4, -0.2) is 25.1 Å². The van der Waals surface area contributed by atoms with Crippen LogP contribution in [0.25, 0.3) is 10.8 Å². The molecule has 2 rings (SSSR count). The van der Waals surface area contributed by atoms with Crippen LogP contribution < -0.4 is 0 Å². The Labute approximate surface area is 111 Å². The van der Waals surface area contributed by atoms with Crippen molar-refractivity contribution in [3.05, 3.63) is 48.0 Å². The Morgan fingerprint density at radius 2 is 1.67 bits per heavy atom. The largest absolute Gasteiger partial charge is 0.325 e. The molecule has 0 saturated carbocycles. The Bertz CT molecular complexity index is 514. The zero-order chi connectivity index (χ0) is 13.0. The third kappa shape index (κ3) is 3.33. The lowest BCUT2D eigenvalue weighted by molar-refractivity contribution is -0.903. The first-order chi connectivity index (χ1) is 8.61. The molecule has 0 amide bonds. The fourth-order valence-electron chi connectivity index (χ4n) is 2.50. The van der Waals surface area contributed by atoms with Gasteiger partial charge in [-0.05, 0) is 23.3 Å². The summed E-state index contributed by atoms with van der Waals surface area (Å²) < 4.78 is 1.08. The van der Waals surface area contributed by atoms with Crippen molar-refractivity contribution in [3.63, 3.8) is 0 Å². The molecule has 1 nitrogen and oxygen atoms in total. The topological polar surface area (TPSA) is 0 Å². The lowest BCUT2D eigenvalue weighted by Crippen LogP contribution is -2.39. The third-order valence-corrected chi connectivity index (χ3v) is 3.54. The van der Waals surface area contributed by atoms with E-state index in [1.54, 1.807) is 0 Å². The van der Waals surface area contributed by atoms with Crippen molar-refractivity contribution in [3.8, 4) is 0 Å². The second kappa shape index (κ2) is 5.53. The number of unbranched alkanes of at least 4 members (excludes halogenated alkanes) is 1. The van der Waals surface area contributed by atoms with Crippen LogP contribution in [0.2, 0.25) is 0 Å². The molecule has 1 heteroatoms. The van der Waals surface area contributed by atoms with Gasteiger partial charge >= 0.3 is 0 Å². The highest BCUT2D eigenvalue weighted by Gasteiger charge is 2.14. The predicted molar refractivity (Wildman–Crippen MR) is 79.5 cm³/mol. The molecule has 0 spiro atoms. The van der Waals surface area contributed by atoms with E-state index in [2.05, 4.69) is 63.5 Å². The lowest BCUT2D eigenvalue weighted by atomic mass is 10.1. The maximum Gasteiger partial charge on any atom is 0.104 e. The van der Waals surface area contributed by atoms with Crippen LogP contribution >= 0.6 is 0 Å². The molecule has 0 aliphatic carbocycles. The van der Waals surface area contributed by atoms with Crippen LogP contribution in [-0.2, 0) is 6.54 Å². The number of benzene rings is 2. The van der Waals surface area contributed by atoms with Gasteiger partial charge in [-0.25, -0.2) is 0 Å². The van der Waals surface area contributed by atoms with Gasteiger partial charge < -0.3 is 4.48 Å². The van der Waals surface area contributed by atoms with Gasteiger partial charge in [-0.1, -0.05) is 49.7 Å². The van der Waals surface area contributed by atoms with Crippen LogP contribution in [0.3, 0.4) is 0 Å². The highest BCUT2D eigenvalue weighted by molar-refractivity contribution is 5.82. The molecular weight excluding hydrogens is 218 g/mol. The van der Waals surface area contributed by atoms with Gasteiger partial charge in [0.1, 0.15) is 6.54 Å². The molecule has 96 valence electrons. The Morgan fingerprint density at radius 3 is 2.39 bits per heavy atom. The standard InChI is InChI=1S/C17H24N/c1-4-5-12-18(2,3)14-15-10-11-16-8-6-7-9-17(16)13-15/h6-11,13H,4-5,12,14H2,1-3H3/q+1. The molecule has 0 aliphatic heterocycles. The highest BCUT2D eigenvalue weighted by atomic mass is 15.3. The number of hydrogen-bond acceptors (Lipinski definition) is 0. The maximum atomic E-state index is 2.33. The van der Waals surface area contributed by atoms with Gasteiger partial charge in [-0.2, -0.15) is 0 Å². The van der Waals surface area contributed by atoms with Crippen molar-refractivity contribution in [2.45, 2.75) is 26.3 Å². The normalized spacial score (nSPS) is 11.9. The number of rotatable bonds is 5. The van der Waals surface area contributed by atoms with E-state index in [4.69, 9.17) is 0 Å². The average molecular weight is 242 g/mol. The van der Waals surface area contributed by atoms with Crippen molar-refractivity contribution >= 4 is 10.8 Å². The molecule has 18 heavy (non-hydrogen) atoms. The van der Waals surface area contributed by atoms with Crippen LogP contribution in [0.4, 0.5) is 0 Å². The van der Waals surface area contributed by atoms with Crippen LogP contribution in [0.15, 0.2) is 42.5 Å². The molecule has 0 unspecified atom stereocenters. The predicted octanol–water partition coefficient (Wildman–Crippen LogP) is 4.22. The molecule has 0 saturated heterocycles. The second-order valence-corrected chi connectivity index (χ2v) is 5.85. The van der Waals surface area contributed by atoms with Gasteiger partial charge in [-0.3, -0.25) is 0 Å². The maximum absolute atomic E-state index is 2.33. The fraction of sp³-hybridized carbons (Fsp3) is 0.412. The second-order valence-electron chi connectivity index (χ2n) is 5.85. The molecule has 0 aromatic heterocycles. The average Bonchev–Trinajstić information content (AvgIpc) is 2.36. The van der Waals surface area contributed by atoms with Gasteiger partial charge in [0, 0.05) is 5.56 Å². The van der Waals surface area contributed by atoms with Crippen LogP contribution in [0.1, 0.15) is 25.3 Å². The highest BCUT2D eigenvalue weighted by Crippen LogP contribution is 2.18. The van der Waals surface area contributed by atoms with Crippen molar-refractivity contribution in [1.82, 2.24) is 0 Å². The first-order valence-corrected chi connectivity index (χ1v) is 6.90. The van der Waals surface area contributed by atoms with E-state index in [0.29, 0.717) is 0 Å². The number of quaternary nitrogens is 1. The summed E-state index contributed by atoms with van der Waals surface area (Å²) in [6.07, 6.45) is 2.58. The summed E-state index contributed by atoms with van der Waals surface area (Å²) in [4.78, 5) is 0. The summed E-state index contributed by atoms with van der Waals surface area (Å²) in [5, 5.41) is 2.69. The summed E-state index contributed by atoms with van der Waals surface area (Å²) in [7, 11) is 4.65. The lowest BCUT2D eigenvalue weighted by Gasteiger charge is -2.30. The SMILES string of the molecule is CCCC[N+](C)(C)Cc1ccc2ccccc2c1. The molecule has 0 bridgehead atoms. The third-order valence-electron chi connectivity index (χ3n) is 3.54. The molecule has 2 aromatic carbocycles. The molecule has 0 radical (unpaired) electrons. The molecule has 0 atom stereocenters. The minimum atomic E-state index is 1.08.